The number of rotatable bonds is 7. The maximum absolute atomic E-state index is 12.2. The highest BCUT2D eigenvalue weighted by atomic mass is 16.5. The summed E-state index contributed by atoms with van der Waals surface area (Å²) in [6.07, 6.45) is -1.86. The summed E-state index contributed by atoms with van der Waals surface area (Å²) in [5.41, 5.74) is 0. The standard InChI is InChI=1S/C13H19N3O8/c1-5(18)10(14-6(2)19)12(22)15-8(4-17)11(21)7-3-9(20)16(24)13(7)23/h5,7-8,10,17-18,24H,3-4H2,1-2H3,(H,14,19)(H,15,22)/t5-,7?,8-,10+/m1/s1. The third-order valence-corrected chi connectivity index (χ3v) is 3.43. The fraction of sp³-hybridized carbons (Fsp3) is 0.615. The first-order valence-corrected chi connectivity index (χ1v) is 7.06. The van der Waals surface area contributed by atoms with Gasteiger partial charge in [-0.15, -0.1) is 0 Å². The number of hydroxylamine groups is 2. The van der Waals surface area contributed by atoms with E-state index in [1.54, 1.807) is 0 Å². The number of nitrogens with zero attached hydrogens (tertiary/aromatic N) is 1. The van der Waals surface area contributed by atoms with E-state index in [1.807, 2.05) is 0 Å². The molecule has 0 bridgehead atoms. The molecule has 0 radical (unpaired) electrons. The number of nitrogens with one attached hydrogen (secondary N) is 2. The molecule has 0 saturated carbocycles. The van der Waals surface area contributed by atoms with Gasteiger partial charge in [-0.3, -0.25) is 29.2 Å². The fourth-order valence-corrected chi connectivity index (χ4v) is 2.18. The van der Waals surface area contributed by atoms with Gasteiger partial charge in [0.05, 0.1) is 12.7 Å². The molecule has 4 atom stereocenters. The molecule has 0 spiro atoms. The lowest BCUT2D eigenvalue weighted by atomic mass is 9.96. The molecular formula is C13H19N3O8. The van der Waals surface area contributed by atoms with Crippen LogP contribution >= 0.6 is 0 Å². The Labute approximate surface area is 136 Å². The van der Waals surface area contributed by atoms with Crippen LogP contribution in [0.25, 0.3) is 0 Å². The predicted molar refractivity (Wildman–Crippen MR) is 75.1 cm³/mol. The van der Waals surface area contributed by atoms with Gasteiger partial charge in [0.15, 0.2) is 5.78 Å². The Morgan fingerprint density at radius 1 is 1.29 bits per heavy atom. The van der Waals surface area contributed by atoms with E-state index in [4.69, 9.17) is 5.21 Å². The molecule has 11 heteroatoms. The molecule has 0 aromatic carbocycles. The Bertz CT molecular complexity index is 561. The second kappa shape index (κ2) is 7.95. The van der Waals surface area contributed by atoms with Gasteiger partial charge in [0.2, 0.25) is 11.8 Å². The molecule has 0 aliphatic carbocycles. The molecule has 1 aliphatic heterocycles. The zero-order valence-electron chi connectivity index (χ0n) is 13.1. The van der Waals surface area contributed by atoms with Crippen molar-refractivity contribution in [1.82, 2.24) is 15.7 Å². The van der Waals surface area contributed by atoms with Crippen LogP contribution in [0.5, 0.6) is 0 Å². The molecular weight excluding hydrogens is 326 g/mol. The van der Waals surface area contributed by atoms with Gasteiger partial charge in [0, 0.05) is 13.3 Å². The molecule has 11 nitrogen and oxygen atoms in total. The van der Waals surface area contributed by atoms with Gasteiger partial charge in [-0.1, -0.05) is 0 Å². The molecule has 1 aliphatic rings. The van der Waals surface area contributed by atoms with Crippen molar-refractivity contribution < 1.29 is 39.4 Å². The smallest absolute Gasteiger partial charge is 0.264 e. The molecule has 24 heavy (non-hydrogen) atoms. The summed E-state index contributed by atoms with van der Waals surface area (Å²) in [7, 11) is 0. The number of amides is 4. The van der Waals surface area contributed by atoms with Crippen molar-refractivity contribution in [3.05, 3.63) is 0 Å². The zero-order valence-corrected chi connectivity index (χ0v) is 13.1. The molecule has 4 amide bonds. The number of hydrogen-bond donors (Lipinski definition) is 5. The van der Waals surface area contributed by atoms with E-state index in [0.29, 0.717) is 0 Å². The highest BCUT2D eigenvalue weighted by Gasteiger charge is 2.45. The van der Waals surface area contributed by atoms with Crippen molar-refractivity contribution in [2.45, 2.75) is 38.5 Å². The predicted octanol–water partition coefficient (Wildman–Crippen LogP) is -3.32. The van der Waals surface area contributed by atoms with Crippen LogP contribution in [0.15, 0.2) is 0 Å². The average molecular weight is 345 g/mol. The summed E-state index contributed by atoms with van der Waals surface area (Å²) >= 11 is 0. The summed E-state index contributed by atoms with van der Waals surface area (Å²) in [5, 5.41) is 32.0. The van der Waals surface area contributed by atoms with Crippen molar-refractivity contribution in [3.8, 4) is 0 Å². The van der Waals surface area contributed by atoms with E-state index >= 15 is 0 Å². The second-order valence-electron chi connectivity index (χ2n) is 5.37. The van der Waals surface area contributed by atoms with Crippen molar-refractivity contribution in [3.63, 3.8) is 0 Å². The van der Waals surface area contributed by atoms with Gasteiger partial charge < -0.3 is 20.8 Å². The number of imide groups is 1. The van der Waals surface area contributed by atoms with Crippen LogP contribution in [-0.2, 0) is 24.0 Å². The molecule has 5 N–H and O–H groups in total. The topological polar surface area (TPSA) is 173 Å². The monoisotopic (exact) mass is 345 g/mol. The Balaban J connectivity index is 2.84. The zero-order chi connectivity index (χ0) is 18.6. The van der Waals surface area contributed by atoms with Crippen LogP contribution in [0.4, 0.5) is 0 Å². The summed E-state index contributed by atoms with van der Waals surface area (Å²) in [5.74, 6) is -6.16. The molecule has 0 aromatic heterocycles. The van der Waals surface area contributed by atoms with Gasteiger partial charge in [-0.2, -0.15) is 5.06 Å². The Morgan fingerprint density at radius 2 is 1.88 bits per heavy atom. The van der Waals surface area contributed by atoms with Crippen LogP contribution in [-0.4, -0.2) is 74.7 Å². The minimum Gasteiger partial charge on any atom is -0.394 e. The van der Waals surface area contributed by atoms with Gasteiger partial charge >= 0.3 is 0 Å². The third kappa shape index (κ3) is 4.34. The normalized spacial score (nSPS) is 21.2. The first kappa shape index (κ1) is 19.7. The number of aliphatic hydroxyl groups is 2. The second-order valence-corrected chi connectivity index (χ2v) is 5.37. The van der Waals surface area contributed by atoms with Gasteiger partial charge in [0.1, 0.15) is 18.0 Å². The van der Waals surface area contributed by atoms with Gasteiger partial charge in [0.25, 0.3) is 11.8 Å². The van der Waals surface area contributed by atoms with Crippen LogP contribution in [0.3, 0.4) is 0 Å². The van der Waals surface area contributed by atoms with E-state index in [1.165, 1.54) is 6.92 Å². The molecule has 134 valence electrons. The van der Waals surface area contributed by atoms with E-state index in [0.717, 1.165) is 6.92 Å². The molecule has 0 aromatic rings. The van der Waals surface area contributed by atoms with E-state index < -0.39 is 66.5 Å². The first-order valence-electron chi connectivity index (χ1n) is 7.06. The fourth-order valence-electron chi connectivity index (χ4n) is 2.18. The lowest BCUT2D eigenvalue weighted by Crippen LogP contribution is -2.57. The summed E-state index contributed by atoms with van der Waals surface area (Å²) < 4.78 is 0. The Morgan fingerprint density at radius 3 is 2.25 bits per heavy atom. The van der Waals surface area contributed by atoms with Gasteiger partial charge in [-0.25, -0.2) is 0 Å². The minimum atomic E-state index is -1.54. The molecule has 1 fully saturated rings. The van der Waals surface area contributed by atoms with Crippen molar-refractivity contribution in [2.24, 2.45) is 5.92 Å². The molecule has 1 heterocycles. The largest absolute Gasteiger partial charge is 0.394 e. The van der Waals surface area contributed by atoms with Crippen LogP contribution < -0.4 is 10.6 Å². The highest BCUT2D eigenvalue weighted by molar-refractivity contribution is 6.15. The maximum atomic E-state index is 12.2. The van der Waals surface area contributed by atoms with E-state index in [9.17, 15) is 34.2 Å². The Kier molecular flexibility index (Phi) is 6.51. The van der Waals surface area contributed by atoms with Crippen molar-refractivity contribution >= 4 is 29.4 Å². The number of carbonyl (C=O) groups is 5. The number of Topliss-reactive ketones (excluding diaryl/α,β-unsaturated/α-hetero) is 1. The van der Waals surface area contributed by atoms with E-state index in [2.05, 4.69) is 10.6 Å². The third-order valence-electron chi connectivity index (χ3n) is 3.43. The molecule has 1 saturated heterocycles. The van der Waals surface area contributed by atoms with Crippen molar-refractivity contribution in [1.29, 1.82) is 0 Å². The molecule has 1 unspecified atom stereocenters. The number of hydrogen-bond acceptors (Lipinski definition) is 8. The minimum absolute atomic E-state index is 0.186. The SMILES string of the molecule is CC(=O)N[C@H](C(=O)N[C@H](CO)C(=O)C1CC(=O)N(O)C1=O)[C@@H](C)O. The molecule has 1 rings (SSSR count). The summed E-state index contributed by atoms with van der Waals surface area (Å²) in [6.45, 7) is 1.48. The lowest BCUT2D eigenvalue weighted by molar-refractivity contribution is -0.172. The summed E-state index contributed by atoms with van der Waals surface area (Å²) in [6, 6.07) is -2.92. The van der Waals surface area contributed by atoms with Gasteiger partial charge in [-0.05, 0) is 6.92 Å². The number of carbonyl (C=O) groups excluding carboxylic acids is 5. The maximum Gasteiger partial charge on any atom is 0.264 e. The van der Waals surface area contributed by atoms with Crippen LogP contribution in [0.1, 0.15) is 20.3 Å². The Hall–Kier alpha value is -2.37. The van der Waals surface area contributed by atoms with Crippen molar-refractivity contribution in [2.75, 3.05) is 6.61 Å². The lowest BCUT2D eigenvalue weighted by Gasteiger charge is -2.24. The van der Waals surface area contributed by atoms with Crippen LogP contribution in [0, 0.1) is 5.92 Å². The number of ketones is 1. The van der Waals surface area contributed by atoms with E-state index in [-0.39, 0.29) is 5.06 Å². The van der Waals surface area contributed by atoms with Crippen LogP contribution in [0.2, 0.25) is 0 Å². The summed E-state index contributed by atoms with van der Waals surface area (Å²) in [4.78, 5) is 58.1. The number of aliphatic hydroxyl groups excluding tert-OH is 2. The highest BCUT2D eigenvalue weighted by Crippen LogP contribution is 2.20. The average Bonchev–Trinajstić information content (AvgIpc) is 2.76. The quantitative estimate of drug-likeness (QED) is 0.181. The first-order chi connectivity index (χ1) is 11.1.